The maximum atomic E-state index is 11.9. The van der Waals surface area contributed by atoms with Crippen LogP contribution in [0.1, 0.15) is 65.7 Å². The van der Waals surface area contributed by atoms with E-state index in [1.807, 2.05) is 6.08 Å². The van der Waals surface area contributed by atoms with Crippen LogP contribution in [-0.2, 0) is 8.62 Å². The summed E-state index contributed by atoms with van der Waals surface area (Å²) in [5, 5.41) is 0. The van der Waals surface area contributed by atoms with E-state index in [4.69, 9.17) is 3.83 Å². The van der Waals surface area contributed by atoms with Gasteiger partial charge in [-0.25, -0.2) is 0 Å². The van der Waals surface area contributed by atoms with E-state index in [0.29, 0.717) is 11.2 Å². The van der Waals surface area contributed by atoms with Crippen LogP contribution >= 0.6 is 16.3 Å². The zero-order valence-electron chi connectivity index (χ0n) is 15.1. The van der Waals surface area contributed by atoms with Crippen molar-refractivity contribution in [2.75, 3.05) is 0 Å². The third-order valence-corrected chi connectivity index (χ3v) is 8.70. The Balaban J connectivity index is 1.70. The third-order valence-electron chi connectivity index (χ3n) is 8.24. The van der Waals surface area contributed by atoms with Gasteiger partial charge in [0.1, 0.15) is 0 Å². The van der Waals surface area contributed by atoms with Gasteiger partial charge in [0, 0.05) is 6.42 Å². The second-order valence-corrected chi connectivity index (χ2v) is 9.36. The van der Waals surface area contributed by atoms with Crippen molar-refractivity contribution in [3.8, 4) is 0 Å². The first-order valence-electron chi connectivity index (χ1n) is 9.62. The lowest BCUT2D eigenvalue weighted by Gasteiger charge is -2.57. The lowest BCUT2D eigenvalue weighted by atomic mass is 9.47. The number of hydrogen-bond acceptors (Lipinski definition) is 2. The van der Waals surface area contributed by atoms with Crippen molar-refractivity contribution >= 4 is 22.0 Å². The molecular formula is C21H29BrO2. The van der Waals surface area contributed by atoms with Gasteiger partial charge in [0.2, 0.25) is 0 Å². The fourth-order valence-electron chi connectivity index (χ4n) is 7.00. The molecule has 6 unspecified atom stereocenters. The maximum absolute atomic E-state index is 11.9. The Kier molecular flexibility index (Phi) is 4.12. The molecule has 0 amide bonds. The number of carbonyl (C=O) groups excluding carboxylic acids is 1. The molecule has 4 aliphatic rings. The van der Waals surface area contributed by atoms with E-state index in [0.717, 1.165) is 43.4 Å². The smallest absolute Gasteiger partial charge is 0.155 e. The lowest BCUT2D eigenvalue weighted by Crippen LogP contribution is -2.49. The molecule has 0 aromatic heterocycles. The van der Waals surface area contributed by atoms with E-state index in [2.05, 4.69) is 43.1 Å². The van der Waals surface area contributed by atoms with Crippen molar-refractivity contribution in [3.63, 3.8) is 0 Å². The zero-order chi connectivity index (χ0) is 17.1. The molecule has 0 saturated heterocycles. The van der Waals surface area contributed by atoms with Crippen molar-refractivity contribution in [2.45, 2.75) is 71.8 Å². The van der Waals surface area contributed by atoms with Gasteiger partial charge in [-0.2, -0.15) is 0 Å². The van der Waals surface area contributed by atoms with Crippen LogP contribution in [0.4, 0.5) is 0 Å². The van der Waals surface area contributed by atoms with E-state index in [1.165, 1.54) is 30.4 Å². The van der Waals surface area contributed by atoms with E-state index in [-0.39, 0.29) is 11.5 Å². The summed E-state index contributed by atoms with van der Waals surface area (Å²) >= 11 is 3.29. The summed E-state index contributed by atoms with van der Waals surface area (Å²) in [5.74, 6) is 2.60. The van der Waals surface area contributed by atoms with Gasteiger partial charge in [0.05, 0.1) is 22.4 Å². The number of rotatable bonds is 1. The predicted octanol–water partition coefficient (Wildman–Crippen LogP) is 5.77. The second kappa shape index (κ2) is 5.81. The highest BCUT2D eigenvalue weighted by Gasteiger charge is 2.59. The number of halogens is 1. The Morgan fingerprint density at radius 1 is 1.17 bits per heavy atom. The number of fused-ring (bicyclic) bond motifs is 5. The van der Waals surface area contributed by atoms with Crippen LogP contribution in [0.5, 0.6) is 0 Å². The SMILES string of the molecule is C/C=C1\C(OBr)CC2C3CCC4=CC(=O)CCC4(C)C3CCC12C. The van der Waals surface area contributed by atoms with Crippen LogP contribution in [0, 0.1) is 28.6 Å². The number of carbonyl (C=O) groups is 1. The Bertz CT molecular complexity index is 619. The highest BCUT2D eigenvalue weighted by molar-refractivity contribution is 9.06. The minimum Gasteiger partial charge on any atom is -0.300 e. The van der Waals surface area contributed by atoms with Gasteiger partial charge >= 0.3 is 0 Å². The molecule has 2 nitrogen and oxygen atoms in total. The topological polar surface area (TPSA) is 26.3 Å². The summed E-state index contributed by atoms with van der Waals surface area (Å²) in [6.07, 6.45) is 12.5. The van der Waals surface area contributed by atoms with Gasteiger partial charge in [-0.05, 0) is 85.7 Å². The minimum absolute atomic E-state index is 0.237. The Labute approximate surface area is 154 Å². The molecular weight excluding hydrogens is 364 g/mol. The van der Waals surface area contributed by atoms with Crippen LogP contribution in [0.25, 0.3) is 0 Å². The average molecular weight is 393 g/mol. The molecule has 0 bridgehead atoms. The summed E-state index contributed by atoms with van der Waals surface area (Å²) in [7, 11) is 0. The average Bonchev–Trinajstić information content (AvgIpc) is 2.87. The molecule has 4 aliphatic carbocycles. The zero-order valence-corrected chi connectivity index (χ0v) is 16.7. The molecule has 0 radical (unpaired) electrons. The van der Waals surface area contributed by atoms with Crippen LogP contribution in [-0.4, -0.2) is 11.9 Å². The summed E-state index contributed by atoms with van der Waals surface area (Å²) in [5.41, 5.74) is 3.53. The van der Waals surface area contributed by atoms with Crippen molar-refractivity contribution in [3.05, 3.63) is 23.3 Å². The second-order valence-electron chi connectivity index (χ2n) is 8.98. The molecule has 3 saturated carbocycles. The summed E-state index contributed by atoms with van der Waals surface area (Å²) in [6.45, 7) is 7.10. The fourth-order valence-corrected chi connectivity index (χ4v) is 7.35. The molecule has 0 aliphatic heterocycles. The first kappa shape index (κ1) is 17.0. The van der Waals surface area contributed by atoms with E-state index >= 15 is 0 Å². The van der Waals surface area contributed by atoms with Crippen molar-refractivity contribution in [1.29, 1.82) is 0 Å². The third kappa shape index (κ3) is 2.19. The highest BCUT2D eigenvalue weighted by Crippen LogP contribution is 2.66. The molecule has 3 fully saturated rings. The molecule has 0 aromatic rings. The standard InChI is InChI=1S/C21H29BrO2/c1-4-16-19(24-22)12-18-15-6-5-13-11-14(23)7-9-20(13,2)17(15)8-10-21(16,18)3/h4,11,15,17-19H,5-10,12H2,1-3H3/b16-4+. The summed E-state index contributed by atoms with van der Waals surface area (Å²) in [4.78, 5) is 11.9. The number of ketones is 1. The molecule has 0 heterocycles. The Hall–Kier alpha value is -0.410. The van der Waals surface area contributed by atoms with Crippen LogP contribution < -0.4 is 0 Å². The molecule has 0 spiro atoms. The van der Waals surface area contributed by atoms with Gasteiger partial charge in [-0.3, -0.25) is 4.79 Å². The quantitative estimate of drug-likeness (QED) is 0.529. The summed E-state index contributed by atoms with van der Waals surface area (Å²) in [6, 6.07) is 0. The van der Waals surface area contributed by atoms with Gasteiger partial charge < -0.3 is 3.83 Å². The Morgan fingerprint density at radius 3 is 2.67 bits per heavy atom. The lowest BCUT2D eigenvalue weighted by molar-refractivity contribution is -0.117. The molecule has 4 rings (SSSR count). The largest absolute Gasteiger partial charge is 0.300 e. The summed E-state index contributed by atoms with van der Waals surface area (Å²) < 4.78 is 5.69. The normalized spacial score (nSPS) is 49.4. The van der Waals surface area contributed by atoms with E-state index < -0.39 is 0 Å². The van der Waals surface area contributed by atoms with Crippen LogP contribution in [0.2, 0.25) is 0 Å². The van der Waals surface area contributed by atoms with Crippen molar-refractivity contribution in [2.24, 2.45) is 28.6 Å². The van der Waals surface area contributed by atoms with Gasteiger partial charge in [0.15, 0.2) is 5.78 Å². The fraction of sp³-hybridized carbons (Fsp3) is 0.762. The Morgan fingerprint density at radius 2 is 1.96 bits per heavy atom. The predicted molar refractivity (Wildman–Crippen MR) is 99.7 cm³/mol. The van der Waals surface area contributed by atoms with E-state index in [1.54, 1.807) is 0 Å². The molecule has 3 heteroatoms. The molecule has 0 aromatic carbocycles. The van der Waals surface area contributed by atoms with Crippen LogP contribution in [0.15, 0.2) is 23.3 Å². The van der Waals surface area contributed by atoms with Crippen LogP contribution in [0.3, 0.4) is 0 Å². The first-order chi connectivity index (χ1) is 11.4. The highest BCUT2D eigenvalue weighted by atomic mass is 79.9. The van der Waals surface area contributed by atoms with Gasteiger partial charge in [-0.15, -0.1) is 0 Å². The van der Waals surface area contributed by atoms with E-state index in [9.17, 15) is 4.79 Å². The molecule has 132 valence electrons. The van der Waals surface area contributed by atoms with Crippen molar-refractivity contribution in [1.82, 2.24) is 0 Å². The molecule has 24 heavy (non-hydrogen) atoms. The van der Waals surface area contributed by atoms with Crippen molar-refractivity contribution < 1.29 is 8.62 Å². The molecule has 0 N–H and O–H groups in total. The minimum atomic E-state index is 0.237. The van der Waals surface area contributed by atoms with Gasteiger partial charge in [0.25, 0.3) is 0 Å². The maximum Gasteiger partial charge on any atom is 0.155 e. The first-order valence-corrected chi connectivity index (χ1v) is 10.3. The molecule has 6 atom stereocenters. The van der Waals surface area contributed by atoms with Gasteiger partial charge in [-0.1, -0.05) is 25.5 Å². The number of hydrogen-bond donors (Lipinski definition) is 0. The number of allylic oxidation sites excluding steroid dienone is 2. The monoisotopic (exact) mass is 392 g/mol.